The van der Waals surface area contributed by atoms with Gasteiger partial charge in [-0.05, 0) is 43.3 Å². The van der Waals surface area contributed by atoms with E-state index in [2.05, 4.69) is 35.6 Å². The molecule has 5 rings (SSSR count). The van der Waals surface area contributed by atoms with E-state index in [4.69, 9.17) is 10.6 Å². The maximum absolute atomic E-state index is 13.0. The molecule has 0 saturated carbocycles. The van der Waals surface area contributed by atoms with Crippen molar-refractivity contribution in [3.05, 3.63) is 57.6 Å². The third-order valence-corrected chi connectivity index (χ3v) is 5.76. The van der Waals surface area contributed by atoms with Gasteiger partial charge in [-0.25, -0.2) is 9.78 Å². The Morgan fingerprint density at radius 3 is 2.88 bits per heavy atom. The maximum Gasteiger partial charge on any atom is 0.331 e. The topological polar surface area (TPSA) is 121 Å². The molecular formula is C22H19BrN6O3. The van der Waals surface area contributed by atoms with Crippen molar-refractivity contribution in [1.29, 1.82) is 0 Å². The van der Waals surface area contributed by atoms with E-state index in [1.54, 1.807) is 18.3 Å². The molecule has 0 atom stereocenters. The highest BCUT2D eigenvalue weighted by atomic mass is 79.9. The molecule has 0 aliphatic carbocycles. The minimum atomic E-state index is -0.485. The predicted octanol–water partition coefficient (Wildman–Crippen LogP) is 2.98. The first-order valence-electron chi connectivity index (χ1n) is 10.0. The van der Waals surface area contributed by atoms with E-state index in [1.807, 2.05) is 24.4 Å². The number of halogens is 1. The van der Waals surface area contributed by atoms with Crippen LogP contribution in [-0.4, -0.2) is 37.0 Å². The third-order valence-electron chi connectivity index (χ3n) is 5.26. The predicted molar refractivity (Wildman–Crippen MR) is 125 cm³/mol. The van der Waals surface area contributed by atoms with E-state index >= 15 is 0 Å². The van der Waals surface area contributed by atoms with E-state index < -0.39 is 5.97 Å². The molecule has 0 aliphatic heterocycles. The van der Waals surface area contributed by atoms with Crippen LogP contribution in [0.3, 0.4) is 0 Å². The lowest BCUT2D eigenvalue weighted by molar-refractivity contribution is -0.142. The van der Waals surface area contributed by atoms with E-state index in [-0.39, 0.29) is 5.56 Å². The van der Waals surface area contributed by atoms with Crippen LogP contribution >= 0.6 is 15.9 Å². The largest absolute Gasteiger partial charge is 0.347 e. The van der Waals surface area contributed by atoms with Gasteiger partial charge in [0.25, 0.3) is 5.56 Å². The number of aromatic nitrogens is 5. The highest BCUT2D eigenvalue weighted by molar-refractivity contribution is 9.10. The lowest BCUT2D eigenvalue weighted by atomic mass is 10.1. The standard InChI is InChI=1S/C22H19BrN6O3/c1-12(30)32-29-20-9-18-17(7-13(20)10-25-29)27-22(31)21(26-18)16-11-28(6-2-5-24)19-4-3-14(23)8-15(16)19/h3-4,7-11H,2,5-6,24H2,1H3,(H,27,31). The fourth-order valence-corrected chi connectivity index (χ4v) is 4.23. The molecule has 0 spiro atoms. The fraction of sp³-hybridized carbons (Fsp3) is 0.182. The van der Waals surface area contributed by atoms with Gasteiger partial charge in [0.15, 0.2) is 0 Å². The molecule has 0 unspecified atom stereocenters. The average Bonchev–Trinajstić information content (AvgIpc) is 3.30. The number of aryl methyl sites for hydroxylation is 1. The van der Waals surface area contributed by atoms with E-state index in [0.717, 1.165) is 38.7 Å². The first-order valence-corrected chi connectivity index (χ1v) is 10.8. The van der Waals surface area contributed by atoms with Crippen molar-refractivity contribution in [2.75, 3.05) is 6.54 Å². The van der Waals surface area contributed by atoms with Crippen LogP contribution in [0.2, 0.25) is 0 Å². The summed E-state index contributed by atoms with van der Waals surface area (Å²) in [7, 11) is 0. The summed E-state index contributed by atoms with van der Waals surface area (Å²) < 4.78 is 3.00. The number of nitrogens with zero attached hydrogens (tertiary/aromatic N) is 4. The molecule has 9 nitrogen and oxygen atoms in total. The lowest BCUT2D eigenvalue weighted by Crippen LogP contribution is -2.17. The molecule has 3 aromatic heterocycles. The molecule has 0 bridgehead atoms. The van der Waals surface area contributed by atoms with Gasteiger partial charge in [-0.15, -0.1) is 5.10 Å². The molecule has 0 amide bonds. The van der Waals surface area contributed by atoms with Gasteiger partial charge in [0.05, 0.1) is 17.2 Å². The average molecular weight is 495 g/mol. The molecule has 162 valence electrons. The van der Waals surface area contributed by atoms with Crippen molar-refractivity contribution in [1.82, 2.24) is 24.5 Å². The summed E-state index contributed by atoms with van der Waals surface area (Å²) in [5, 5.41) is 5.71. The molecule has 0 aliphatic rings. The van der Waals surface area contributed by atoms with Crippen LogP contribution in [0, 0.1) is 0 Å². The van der Waals surface area contributed by atoms with E-state index in [9.17, 15) is 9.59 Å². The van der Waals surface area contributed by atoms with Crippen LogP contribution in [0.25, 0.3) is 44.1 Å². The number of aromatic amines is 1. The van der Waals surface area contributed by atoms with Gasteiger partial charge in [-0.2, -0.15) is 0 Å². The summed E-state index contributed by atoms with van der Waals surface area (Å²) in [5.41, 5.74) is 9.16. The number of benzene rings is 2. The van der Waals surface area contributed by atoms with Crippen molar-refractivity contribution in [2.45, 2.75) is 19.9 Å². The van der Waals surface area contributed by atoms with Crippen LogP contribution in [0.15, 0.2) is 52.0 Å². The Labute approximate surface area is 189 Å². The van der Waals surface area contributed by atoms with Crippen LogP contribution < -0.4 is 16.1 Å². The Kier molecular flexibility index (Phi) is 5.03. The summed E-state index contributed by atoms with van der Waals surface area (Å²) in [6, 6.07) is 9.46. The molecule has 5 aromatic rings. The maximum atomic E-state index is 13.0. The van der Waals surface area contributed by atoms with Crippen molar-refractivity contribution in [2.24, 2.45) is 5.73 Å². The van der Waals surface area contributed by atoms with Crippen LogP contribution in [-0.2, 0) is 11.3 Å². The molecule has 0 fully saturated rings. The minimum Gasteiger partial charge on any atom is -0.347 e. The molecule has 2 aromatic carbocycles. The summed E-state index contributed by atoms with van der Waals surface area (Å²) in [5.74, 6) is -0.485. The molecule has 32 heavy (non-hydrogen) atoms. The molecule has 3 N–H and O–H groups in total. The Morgan fingerprint density at radius 1 is 1.25 bits per heavy atom. The van der Waals surface area contributed by atoms with Gasteiger partial charge in [0, 0.05) is 46.0 Å². The van der Waals surface area contributed by atoms with Gasteiger partial charge in [0.2, 0.25) is 0 Å². The second-order valence-corrected chi connectivity index (χ2v) is 8.40. The van der Waals surface area contributed by atoms with Gasteiger partial charge in [-0.3, -0.25) is 4.79 Å². The SMILES string of the molecule is CC(=O)On1ncc2cc3[nH]c(=O)c(-c4cn(CCCN)c5ccc(Br)cc45)nc3cc21. The zero-order valence-electron chi connectivity index (χ0n) is 17.1. The first-order chi connectivity index (χ1) is 15.4. The lowest BCUT2D eigenvalue weighted by Gasteiger charge is -2.04. The molecule has 0 saturated heterocycles. The second kappa shape index (κ2) is 7.88. The Morgan fingerprint density at radius 2 is 2.09 bits per heavy atom. The highest BCUT2D eigenvalue weighted by Gasteiger charge is 2.17. The van der Waals surface area contributed by atoms with Crippen molar-refractivity contribution in [3.63, 3.8) is 0 Å². The van der Waals surface area contributed by atoms with Gasteiger partial charge >= 0.3 is 5.97 Å². The summed E-state index contributed by atoms with van der Waals surface area (Å²) in [4.78, 5) is 38.3. The van der Waals surface area contributed by atoms with Gasteiger partial charge < -0.3 is 20.1 Å². The normalized spacial score (nSPS) is 11.6. The van der Waals surface area contributed by atoms with Crippen molar-refractivity contribution in [3.8, 4) is 11.3 Å². The first kappa shape index (κ1) is 20.4. The fourth-order valence-electron chi connectivity index (χ4n) is 3.87. The number of nitrogens with two attached hydrogens (primary N) is 1. The number of hydrogen-bond acceptors (Lipinski definition) is 6. The third kappa shape index (κ3) is 3.47. The number of rotatable bonds is 5. The zero-order valence-corrected chi connectivity index (χ0v) is 18.7. The highest BCUT2D eigenvalue weighted by Crippen LogP contribution is 2.31. The second-order valence-electron chi connectivity index (χ2n) is 7.48. The zero-order chi connectivity index (χ0) is 22.4. The molecule has 0 radical (unpaired) electrons. The molecule has 10 heteroatoms. The number of nitrogens with one attached hydrogen (secondary N) is 1. The van der Waals surface area contributed by atoms with Gasteiger partial charge in [0.1, 0.15) is 11.2 Å². The van der Waals surface area contributed by atoms with Gasteiger partial charge in [-0.1, -0.05) is 20.8 Å². The summed E-state index contributed by atoms with van der Waals surface area (Å²) >= 11 is 3.52. The monoisotopic (exact) mass is 494 g/mol. The van der Waals surface area contributed by atoms with Crippen molar-refractivity contribution < 1.29 is 9.63 Å². The van der Waals surface area contributed by atoms with Crippen LogP contribution in [0.5, 0.6) is 0 Å². The van der Waals surface area contributed by atoms with E-state index in [0.29, 0.717) is 34.2 Å². The Balaban J connectivity index is 1.73. The van der Waals surface area contributed by atoms with Crippen LogP contribution in [0.4, 0.5) is 0 Å². The number of carbonyl (C=O) groups is 1. The molecule has 3 heterocycles. The molecular weight excluding hydrogens is 476 g/mol. The number of H-pyrrole nitrogens is 1. The quantitative estimate of drug-likeness (QED) is 0.387. The minimum absolute atomic E-state index is 0.290. The Bertz CT molecular complexity index is 1570. The number of carbonyl (C=O) groups excluding carboxylic acids is 1. The summed E-state index contributed by atoms with van der Waals surface area (Å²) in [6.45, 7) is 2.62. The number of hydrogen-bond donors (Lipinski definition) is 2. The summed E-state index contributed by atoms with van der Waals surface area (Å²) in [6.07, 6.45) is 4.32. The smallest absolute Gasteiger partial charge is 0.331 e. The van der Waals surface area contributed by atoms with Crippen LogP contribution in [0.1, 0.15) is 13.3 Å². The number of fused-ring (bicyclic) bond motifs is 3. The van der Waals surface area contributed by atoms with Crippen molar-refractivity contribution >= 4 is 54.7 Å². The Hall–Kier alpha value is -3.50. The van der Waals surface area contributed by atoms with E-state index in [1.165, 1.54) is 6.92 Å².